The van der Waals surface area contributed by atoms with E-state index >= 15 is 0 Å². The Labute approximate surface area is 99.2 Å². The monoisotopic (exact) mass is 234 g/mol. The van der Waals surface area contributed by atoms with Crippen LogP contribution in [0.3, 0.4) is 0 Å². The molecule has 90 valence electrons. The quantitative estimate of drug-likeness (QED) is 0.799. The van der Waals surface area contributed by atoms with Crippen LogP contribution >= 0.6 is 0 Å². The number of aromatic nitrogens is 2. The third kappa shape index (κ3) is 2.55. The Balaban J connectivity index is 2.10. The number of anilines is 2. The second-order valence-electron chi connectivity index (χ2n) is 4.00. The van der Waals surface area contributed by atoms with Gasteiger partial charge >= 0.3 is 0 Å². The molecule has 0 unspecified atom stereocenters. The molecule has 1 aromatic carbocycles. The Morgan fingerprint density at radius 2 is 2.24 bits per heavy atom. The Bertz CT molecular complexity index is 533. The van der Waals surface area contributed by atoms with E-state index in [9.17, 15) is 4.39 Å². The molecule has 2 aromatic rings. The van der Waals surface area contributed by atoms with Gasteiger partial charge in [0.15, 0.2) is 0 Å². The largest absolute Gasteiger partial charge is 0.397 e. The summed E-state index contributed by atoms with van der Waals surface area (Å²) in [5.41, 5.74) is 8.91. The lowest BCUT2D eigenvalue weighted by atomic mass is 10.2. The minimum absolute atomic E-state index is 0.328. The first-order valence-electron chi connectivity index (χ1n) is 5.34. The van der Waals surface area contributed by atoms with Crippen molar-refractivity contribution in [3.05, 3.63) is 41.5 Å². The molecule has 0 aliphatic rings. The van der Waals surface area contributed by atoms with Crippen LogP contribution in [0.15, 0.2) is 24.4 Å². The number of nitrogens with zero attached hydrogens (tertiary/aromatic N) is 2. The Hall–Kier alpha value is -2.04. The number of benzene rings is 1. The lowest BCUT2D eigenvalue weighted by molar-refractivity contribution is 0.628. The molecule has 4 nitrogen and oxygen atoms in total. The number of rotatable bonds is 3. The van der Waals surface area contributed by atoms with Crippen molar-refractivity contribution in [3.63, 3.8) is 0 Å². The molecule has 5 heteroatoms. The second-order valence-corrected chi connectivity index (χ2v) is 4.00. The van der Waals surface area contributed by atoms with Crippen LogP contribution in [-0.4, -0.2) is 9.78 Å². The molecule has 0 spiro atoms. The number of hydrogen-bond donors (Lipinski definition) is 2. The number of aryl methyl sites for hydroxylation is 2. The zero-order valence-corrected chi connectivity index (χ0v) is 9.87. The molecule has 0 aliphatic carbocycles. The van der Waals surface area contributed by atoms with Gasteiger partial charge in [-0.25, -0.2) is 4.39 Å². The molecule has 0 amide bonds. The van der Waals surface area contributed by atoms with Gasteiger partial charge in [-0.1, -0.05) is 0 Å². The van der Waals surface area contributed by atoms with E-state index in [0.717, 1.165) is 16.9 Å². The van der Waals surface area contributed by atoms with E-state index in [-0.39, 0.29) is 5.82 Å². The van der Waals surface area contributed by atoms with E-state index in [1.54, 1.807) is 10.7 Å². The molecule has 0 saturated heterocycles. The van der Waals surface area contributed by atoms with Gasteiger partial charge in [-0.15, -0.1) is 0 Å². The zero-order chi connectivity index (χ0) is 12.4. The van der Waals surface area contributed by atoms with Gasteiger partial charge < -0.3 is 11.1 Å². The average molecular weight is 234 g/mol. The van der Waals surface area contributed by atoms with Gasteiger partial charge in [0, 0.05) is 25.4 Å². The van der Waals surface area contributed by atoms with Gasteiger partial charge in [-0.05, 0) is 25.1 Å². The number of nitrogen functional groups attached to an aromatic ring is 1. The third-order valence-electron chi connectivity index (χ3n) is 2.60. The SMILES string of the molecule is Cc1nn(C)cc1CNc1ccc(F)cc1N. The maximum absolute atomic E-state index is 12.9. The lowest BCUT2D eigenvalue weighted by Gasteiger charge is -2.08. The second kappa shape index (κ2) is 4.45. The highest BCUT2D eigenvalue weighted by Crippen LogP contribution is 2.20. The van der Waals surface area contributed by atoms with Crippen LogP contribution in [0.1, 0.15) is 11.3 Å². The minimum Gasteiger partial charge on any atom is -0.397 e. The highest BCUT2D eigenvalue weighted by atomic mass is 19.1. The van der Waals surface area contributed by atoms with Crippen molar-refractivity contribution in [3.8, 4) is 0 Å². The van der Waals surface area contributed by atoms with Crippen molar-refractivity contribution >= 4 is 11.4 Å². The molecular weight excluding hydrogens is 219 g/mol. The van der Waals surface area contributed by atoms with E-state index in [0.29, 0.717) is 12.2 Å². The molecule has 1 heterocycles. The molecule has 0 radical (unpaired) electrons. The van der Waals surface area contributed by atoms with Gasteiger partial charge in [0.2, 0.25) is 0 Å². The first kappa shape index (κ1) is 11.4. The molecule has 0 bridgehead atoms. The predicted molar refractivity (Wildman–Crippen MR) is 66.1 cm³/mol. The summed E-state index contributed by atoms with van der Waals surface area (Å²) >= 11 is 0. The molecule has 0 atom stereocenters. The molecule has 17 heavy (non-hydrogen) atoms. The van der Waals surface area contributed by atoms with Crippen molar-refractivity contribution in [1.29, 1.82) is 0 Å². The smallest absolute Gasteiger partial charge is 0.125 e. The minimum atomic E-state index is -0.328. The molecule has 0 aliphatic heterocycles. The van der Waals surface area contributed by atoms with Crippen LogP contribution in [0, 0.1) is 12.7 Å². The zero-order valence-electron chi connectivity index (χ0n) is 9.87. The van der Waals surface area contributed by atoms with E-state index < -0.39 is 0 Å². The van der Waals surface area contributed by atoms with Crippen LogP contribution < -0.4 is 11.1 Å². The van der Waals surface area contributed by atoms with Gasteiger partial charge in [-0.2, -0.15) is 5.10 Å². The summed E-state index contributed by atoms with van der Waals surface area (Å²) < 4.78 is 14.6. The Kier molecular flexibility index (Phi) is 2.99. The number of nitrogens with one attached hydrogen (secondary N) is 1. The Morgan fingerprint density at radius 3 is 2.82 bits per heavy atom. The first-order chi connectivity index (χ1) is 8.06. The van der Waals surface area contributed by atoms with Crippen LogP contribution in [0.4, 0.5) is 15.8 Å². The van der Waals surface area contributed by atoms with Crippen molar-refractivity contribution in [2.24, 2.45) is 7.05 Å². The van der Waals surface area contributed by atoms with Crippen LogP contribution in [0.25, 0.3) is 0 Å². The number of hydrogen-bond acceptors (Lipinski definition) is 3. The summed E-state index contributed by atoms with van der Waals surface area (Å²) in [5.74, 6) is -0.328. The van der Waals surface area contributed by atoms with Crippen molar-refractivity contribution in [2.45, 2.75) is 13.5 Å². The fraction of sp³-hybridized carbons (Fsp3) is 0.250. The first-order valence-corrected chi connectivity index (χ1v) is 5.34. The maximum Gasteiger partial charge on any atom is 0.125 e. The van der Waals surface area contributed by atoms with E-state index in [4.69, 9.17) is 5.73 Å². The van der Waals surface area contributed by atoms with Crippen molar-refractivity contribution in [2.75, 3.05) is 11.1 Å². The van der Waals surface area contributed by atoms with E-state index in [2.05, 4.69) is 10.4 Å². The van der Waals surface area contributed by atoms with Gasteiger partial charge in [0.05, 0.1) is 17.1 Å². The fourth-order valence-corrected chi connectivity index (χ4v) is 1.71. The van der Waals surface area contributed by atoms with Crippen LogP contribution in [0.5, 0.6) is 0 Å². The standard InChI is InChI=1S/C12H15FN4/c1-8-9(7-17(2)16-8)6-15-12-4-3-10(13)5-11(12)14/h3-5,7,15H,6,14H2,1-2H3. The maximum atomic E-state index is 12.9. The molecule has 1 aromatic heterocycles. The van der Waals surface area contributed by atoms with Crippen molar-refractivity contribution < 1.29 is 4.39 Å². The number of nitrogens with two attached hydrogens (primary N) is 1. The lowest BCUT2D eigenvalue weighted by Crippen LogP contribution is -2.03. The highest BCUT2D eigenvalue weighted by molar-refractivity contribution is 5.65. The molecule has 0 fully saturated rings. The average Bonchev–Trinajstić information content (AvgIpc) is 2.56. The van der Waals surface area contributed by atoms with Gasteiger partial charge in [-0.3, -0.25) is 4.68 Å². The highest BCUT2D eigenvalue weighted by Gasteiger charge is 2.04. The van der Waals surface area contributed by atoms with Crippen LogP contribution in [-0.2, 0) is 13.6 Å². The summed E-state index contributed by atoms with van der Waals surface area (Å²) in [5, 5.41) is 7.41. The summed E-state index contributed by atoms with van der Waals surface area (Å²) in [6.45, 7) is 2.57. The van der Waals surface area contributed by atoms with Gasteiger partial charge in [0.25, 0.3) is 0 Å². The van der Waals surface area contributed by atoms with E-state index in [1.165, 1.54) is 12.1 Å². The van der Waals surface area contributed by atoms with Gasteiger partial charge in [0.1, 0.15) is 5.82 Å². The normalized spacial score (nSPS) is 10.5. The molecule has 3 N–H and O–H groups in total. The third-order valence-corrected chi connectivity index (χ3v) is 2.60. The summed E-state index contributed by atoms with van der Waals surface area (Å²) in [6.07, 6.45) is 1.95. The van der Waals surface area contributed by atoms with Crippen LogP contribution in [0.2, 0.25) is 0 Å². The number of halogens is 1. The molecule has 0 saturated carbocycles. The van der Waals surface area contributed by atoms with E-state index in [1.807, 2.05) is 20.2 Å². The molecular formula is C12H15FN4. The Morgan fingerprint density at radius 1 is 1.47 bits per heavy atom. The summed E-state index contributed by atoms with van der Waals surface area (Å²) in [7, 11) is 1.88. The molecule has 2 rings (SSSR count). The summed E-state index contributed by atoms with van der Waals surface area (Å²) in [4.78, 5) is 0. The fourth-order valence-electron chi connectivity index (χ4n) is 1.71. The summed E-state index contributed by atoms with van der Waals surface area (Å²) in [6, 6.07) is 4.32. The van der Waals surface area contributed by atoms with Crippen molar-refractivity contribution in [1.82, 2.24) is 9.78 Å². The topological polar surface area (TPSA) is 55.9 Å². The predicted octanol–water partition coefficient (Wildman–Crippen LogP) is 2.06.